The molecule has 0 unspecified atom stereocenters. The first kappa shape index (κ1) is 20.8. The molecule has 3 rings (SSSR count). The number of methoxy groups -OCH3 is 2. The number of ether oxygens (including phenoxy) is 2. The van der Waals surface area contributed by atoms with Gasteiger partial charge in [-0.3, -0.25) is 4.79 Å². The summed E-state index contributed by atoms with van der Waals surface area (Å²) in [6.45, 7) is 3.54. The van der Waals surface area contributed by atoms with Gasteiger partial charge in [-0.25, -0.2) is 14.3 Å². The molecule has 0 spiro atoms. The Morgan fingerprint density at radius 2 is 1.47 bits per heavy atom. The first-order chi connectivity index (χ1) is 14.3. The van der Waals surface area contributed by atoms with Crippen molar-refractivity contribution in [3.8, 4) is 5.69 Å². The molecule has 1 aromatic heterocycles. The van der Waals surface area contributed by atoms with Gasteiger partial charge in [-0.15, -0.1) is 0 Å². The van der Waals surface area contributed by atoms with Crippen molar-refractivity contribution in [1.82, 2.24) is 9.78 Å². The lowest BCUT2D eigenvalue weighted by Gasteiger charge is -2.10. The highest BCUT2D eigenvalue weighted by Gasteiger charge is 2.21. The number of aryl methyl sites for hydroxylation is 1. The van der Waals surface area contributed by atoms with E-state index in [9.17, 15) is 14.4 Å². The van der Waals surface area contributed by atoms with Gasteiger partial charge in [-0.1, -0.05) is 18.2 Å². The predicted octanol–water partition coefficient (Wildman–Crippen LogP) is 3.31. The molecule has 0 radical (unpaired) electrons. The summed E-state index contributed by atoms with van der Waals surface area (Å²) in [5.74, 6) is -1.69. The fourth-order valence-electron chi connectivity index (χ4n) is 3.16. The molecule has 1 N–H and O–H groups in total. The zero-order valence-corrected chi connectivity index (χ0v) is 17.1. The van der Waals surface area contributed by atoms with Crippen LogP contribution in [0.2, 0.25) is 0 Å². The van der Waals surface area contributed by atoms with E-state index in [1.165, 1.54) is 32.4 Å². The van der Waals surface area contributed by atoms with Crippen molar-refractivity contribution in [2.45, 2.75) is 13.8 Å². The molecule has 0 bridgehead atoms. The number of hydrogen-bond donors (Lipinski definition) is 1. The normalized spacial score (nSPS) is 10.4. The highest BCUT2D eigenvalue weighted by atomic mass is 16.5. The van der Waals surface area contributed by atoms with Crippen molar-refractivity contribution >= 4 is 23.5 Å². The Labute approximate surface area is 173 Å². The van der Waals surface area contributed by atoms with Crippen LogP contribution in [0, 0.1) is 13.8 Å². The van der Waals surface area contributed by atoms with Gasteiger partial charge in [0, 0.05) is 5.69 Å². The highest BCUT2D eigenvalue weighted by molar-refractivity contribution is 6.07. The molecule has 1 amide bonds. The lowest BCUT2D eigenvalue weighted by atomic mass is 10.1. The second kappa shape index (κ2) is 8.60. The van der Waals surface area contributed by atoms with Gasteiger partial charge in [-0.2, -0.15) is 5.10 Å². The first-order valence-electron chi connectivity index (χ1n) is 9.10. The molecular weight excluding hydrogens is 386 g/mol. The number of carbonyl (C=O) groups is 3. The minimum Gasteiger partial charge on any atom is -0.465 e. The zero-order valence-electron chi connectivity index (χ0n) is 17.1. The Bertz CT molecular complexity index is 1090. The van der Waals surface area contributed by atoms with Crippen LogP contribution >= 0.6 is 0 Å². The van der Waals surface area contributed by atoms with Gasteiger partial charge in [0.1, 0.15) is 0 Å². The average molecular weight is 407 g/mol. The van der Waals surface area contributed by atoms with Gasteiger partial charge in [-0.05, 0) is 44.2 Å². The van der Waals surface area contributed by atoms with Crippen LogP contribution in [0.5, 0.6) is 0 Å². The molecular formula is C22H21N3O5. The monoisotopic (exact) mass is 407 g/mol. The molecule has 0 aliphatic rings. The van der Waals surface area contributed by atoms with E-state index in [1.807, 2.05) is 30.3 Å². The van der Waals surface area contributed by atoms with Crippen molar-refractivity contribution < 1.29 is 23.9 Å². The van der Waals surface area contributed by atoms with Crippen LogP contribution in [0.3, 0.4) is 0 Å². The van der Waals surface area contributed by atoms with Crippen LogP contribution < -0.4 is 5.32 Å². The average Bonchev–Trinajstić information content (AvgIpc) is 3.06. The summed E-state index contributed by atoms with van der Waals surface area (Å²) in [6, 6.07) is 13.7. The standard InChI is InChI=1S/C22H21N3O5/c1-13-19(14(2)25(24-13)18-8-6-5-7-9-18)20(26)23-17-11-15(21(27)29-3)10-16(12-17)22(28)30-4/h5-12H,1-4H3,(H,23,26). The molecule has 2 aromatic carbocycles. The topological polar surface area (TPSA) is 99.5 Å². The Morgan fingerprint density at radius 1 is 0.900 bits per heavy atom. The van der Waals surface area contributed by atoms with Crippen molar-refractivity contribution in [3.05, 3.63) is 76.6 Å². The minimum atomic E-state index is -0.638. The number of esters is 2. The van der Waals surface area contributed by atoms with E-state index in [2.05, 4.69) is 10.4 Å². The Morgan fingerprint density at radius 3 is 2.00 bits per heavy atom. The number of nitrogens with one attached hydrogen (secondary N) is 1. The van der Waals surface area contributed by atoms with Gasteiger partial charge in [0.25, 0.3) is 5.91 Å². The van der Waals surface area contributed by atoms with Gasteiger partial charge < -0.3 is 14.8 Å². The maximum Gasteiger partial charge on any atom is 0.337 e. The number of rotatable bonds is 5. The number of para-hydroxylation sites is 1. The molecule has 8 heteroatoms. The molecule has 0 aliphatic carbocycles. The lowest BCUT2D eigenvalue weighted by molar-refractivity contribution is 0.0599. The van der Waals surface area contributed by atoms with E-state index in [4.69, 9.17) is 9.47 Å². The maximum atomic E-state index is 13.0. The Kier molecular flexibility index (Phi) is 5.96. The van der Waals surface area contributed by atoms with Gasteiger partial charge in [0.15, 0.2) is 0 Å². The fraction of sp³-hybridized carbons (Fsp3) is 0.182. The van der Waals surface area contributed by atoms with Crippen molar-refractivity contribution in [1.29, 1.82) is 0 Å². The largest absolute Gasteiger partial charge is 0.465 e. The van der Waals surface area contributed by atoms with E-state index in [0.29, 0.717) is 17.0 Å². The summed E-state index contributed by atoms with van der Waals surface area (Å²) in [7, 11) is 2.46. The molecule has 3 aromatic rings. The van der Waals surface area contributed by atoms with Crippen LogP contribution in [0.25, 0.3) is 5.69 Å². The number of hydrogen-bond acceptors (Lipinski definition) is 6. The van der Waals surface area contributed by atoms with E-state index < -0.39 is 17.8 Å². The Hall–Kier alpha value is -3.94. The Balaban J connectivity index is 1.97. The van der Waals surface area contributed by atoms with Crippen LogP contribution in [-0.2, 0) is 9.47 Å². The molecule has 8 nitrogen and oxygen atoms in total. The van der Waals surface area contributed by atoms with Crippen LogP contribution in [0.15, 0.2) is 48.5 Å². The molecule has 0 atom stereocenters. The quantitative estimate of drug-likeness (QED) is 0.652. The third-order valence-electron chi connectivity index (χ3n) is 4.55. The summed E-state index contributed by atoms with van der Waals surface area (Å²) in [5.41, 5.74) is 2.93. The van der Waals surface area contributed by atoms with E-state index >= 15 is 0 Å². The van der Waals surface area contributed by atoms with Crippen LogP contribution in [-0.4, -0.2) is 41.8 Å². The predicted molar refractivity (Wildman–Crippen MR) is 110 cm³/mol. The van der Waals surface area contributed by atoms with E-state index in [-0.39, 0.29) is 16.8 Å². The number of carbonyl (C=O) groups excluding carboxylic acids is 3. The number of amides is 1. The number of aromatic nitrogens is 2. The number of nitrogens with zero attached hydrogens (tertiary/aromatic N) is 2. The van der Waals surface area contributed by atoms with Crippen molar-refractivity contribution in [3.63, 3.8) is 0 Å². The van der Waals surface area contributed by atoms with E-state index in [0.717, 1.165) is 5.69 Å². The third kappa shape index (κ3) is 4.07. The summed E-state index contributed by atoms with van der Waals surface area (Å²) in [5, 5.41) is 7.20. The van der Waals surface area contributed by atoms with E-state index in [1.54, 1.807) is 18.5 Å². The smallest absolute Gasteiger partial charge is 0.337 e. The summed E-state index contributed by atoms with van der Waals surface area (Å²) >= 11 is 0. The SMILES string of the molecule is COC(=O)c1cc(NC(=O)c2c(C)nn(-c3ccccc3)c2C)cc(C(=O)OC)c1. The molecule has 0 fully saturated rings. The van der Waals surface area contributed by atoms with Gasteiger partial charge in [0.2, 0.25) is 0 Å². The molecule has 0 aliphatic heterocycles. The molecule has 154 valence electrons. The summed E-state index contributed by atoms with van der Waals surface area (Å²) < 4.78 is 11.1. The lowest BCUT2D eigenvalue weighted by Crippen LogP contribution is -2.16. The van der Waals surface area contributed by atoms with Gasteiger partial charge in [0.05, 0.1) is 48.0 Å². The summed E-state index contributed by atoms with van der Waals surface area (Å²) in [4.78, 5) is 36.9. The number of benzene rings is 2. The fourth-order valence-corrected chi connectivity index (χ4v) is 3.16. The van der Waals surface area contributed by atoms with Crippen molar-refractivity contribution in [2.24, 2.45) is 0 Å². The first-order valence-corrected chi connectivity index (χ1v) is 9.10. The second-order valence-electron chi connectivity index (χ2n) is 6.53. The van der Waals surface area contributed by atoms with Gasteiger partial charge >= 0.3 is 11.9 Å². The molecule has 30 heavy (non-hydrogen) atoms. The maximum absolute atomic E-state index is 13.0. The zero-order chi connectivity index (χ0) is 21.8. The minimum absolute atomic E-state index is 0.115. The molecule has 1 heterocycles. The third-order valence-corrected chi connectivity index (χ3v) is 4.55. The summed E-state index contributed by atoms with van der Waals surface area (Å²) in [6.07, 6.45) is 0. The van der Waals surface area contributed by atoms with Crippen molar-refractivity contribution in [2.75, 3.05) is 19.5 Å². The van der Waals surface area contributed by atoms with Crippen LogP contribution in [0.1, 0.15) is 42.5 Å². The number of anilines is 1. The molecule has 0 saturated heterocycles. The van der Waals surface area contributed by atoms with Crippen LogP contribution in [0.4, 0.5) is 5.69 Å². The highest BCUT2D eigenvalue weighted by Crippen LogP contribution is 2.22. The second-order valence-corrected chi connectivity index (χ2v) is 6.53. The molecule has 0 saturated carbocycles.